The minimum absolute atomic E-state index is 0.0556. The number of aromatic nitrogens is 1. The fourth-order valence-electron chi connectivity index (χ4n) is 2.30. The van der Waals surface area contributed by atoms with Crippen molar-refractivity contribution in [2.75, 3.05) is 6.54 Å². The van der Waals surface area contributed by atoms with E-state index in [1.807, 2.05) is 22.9 Å². The Morgan fingerprint density at radius 1 is 1.47 bits per heavy atom. The molecule has 1 aliphatic heterocycles. The summed E-state index contributed by atoms with van der Waals surface area (Å²) in [6, 6.07) is 5.56. The van der Waals surface area contributed by atoms with E-state index in [9.17, 15) is 4.79 Å². The number of rotatable bonds is 1. The van der Waals surface area contributed by atoms with Crippen molar-refractivity contribution in [3.63, 3.8) is 0 Å². The van der Waals surface area contributed by atoms with E-state index in [1.54, 1.807) is 6.07 Å². The molecule has 0 atom stereocenters. The van der Waals surface area contributed by atoms with Crippen LogP contribution in [0.2, 0.25) is 0 Å². The largest absolute Gasteiger partial charge is 0.411 e. The molecule has 2 N–H and O–H groups in total. The summed E-state index contributed by atoms with van der Waals surface area (Å²) < 4.78 is 2.01. The number of amides is 1. The van der Waals surface area contributed by atoms with Crippen molar-refractivity contribution in [1.82, 2.24) is 9.88 Å². The van der Waals surface area contributed by atoms with Gasteiger partial charge in [-0.15, -0.1) is 0 Å². The van der Waals surface area contributed by atoms with Gasteiger partial charge in [0.2, 0.25) is 0 Å². The molecule has 2 heterocycles. The SMILES string of the molecule is O=C1NCCn2cc(C=NO)c3cccc1c32. The molecule has 1 aliphatic rings. The molecule has 5 heteroatoms. The maximum Gasteiger partial charge on any atom is 0.253 e. The van der Waals surface area contributed by atoms with Crippen LogP contribution in [0, 0.1) is 0 Å². The molecule has 2 aromatic rings. The Morgan fingerprint density at radius 3 is 3.18 bits per heavy atom. The van der Waals surface area contributed by atoms with Gasteiger partial charge in [-0.25, -0.2) is 0 Å². The van der Waals surface area contributed by atoms with Gasteiger partial charge in [0.1, 0.15) is 0 Å². The summed E-state index contributed by atoms with van der Waals surface area (Å²) in [7, 11) is 0. The van der Waals surface area contributed by atoms with Crippen molar-refractivity contribution in [2.45, 2.75) is 6.54 Å². The van der Waals surface area contributed by atoms with Crippen LogP contribution in [0.1, 0.15) is 15.9 Å². The van der Waals surface area contributed by atoms with Crippen LogP contribution in [0.25, 0.3) is 10.9 Å². The first-order valence-corrected chi connectivity index (χ1v) is 5.39. The lowest BCUT2D eigenvalue weighted by atomic mass is 10.1. The van der Waals surface area contributed by atoms with Gasteiger partial charge in [0.25, 0.3) is 5.91 Å². The molecule has 0 bridgehead atoms. The Labute approximate surface area is 97.3 Å². The molecule has 17 heavy (non-hydrogen) atoms. The van der Waals surface area contributed by atoms with E-state index in [1.165, 1.54) is 6.21 Å². The van der Waals surface area contributed by atoms with Crippen molar-refractivity contribution in [3.05, 3.63) is 35.5 Å². The molecule has 0 unspecified atom stereocenters. The van der Waals surface area contributed by atoms with Gasteiger partial charge in [0.15, 0.2) is 0 Å². The molecular weight excluding hydrogens is 218 g/mol. The number of nitrogens with one attached hydrogen (secondary N) is 1. The number of carbonyl (C=O) groups is 1. The lowest BCUT2D eigenvalue weighted by Gasteiger charge is -2.01. The molecular formula is C12H11N3O2. The van der Waals surface area contributed by atoms with Crippen molar-refractivity contribution >= 4 is 23.0 Å². The van der Waals surface area contributed by atoms with Crippen LogP contribution >= 0.6 is 0 Å². The zero-order chi connectivity index (χ0) is 11.8. The highest BCUT2D eigenvalue weighted by Gasteiger charge is 2.18. The summed E-state index contributed by atoms with van der Waals surface area (Å²) in [4.78, 5) is 11.9. The van der Waals surface area contributed by atoms with E-state index in [-0.39, 0.29) is 5.91 Å². The maximum absolute atomic E-state index is 11.9. The topological polar surface area (TPSA) is 66.6 Å². The Morgan fingerprint density at radius 2 is 2.35 bits per heavy atom. The van der Waals surface area contributed by atoms with Crippen LogP contribution in [-0.2, 0) is 6.54 Å². The second kappa shape index (κ2) is 3.62. The van der Waals surface area contributed by atoms with Gasteiger partial charge in [-0.3, -0.25) is 4.79 Å². The zero-order valence-corrected chi connectivity index (χ0v) is 9.05. The quantitative estimate of drug-likeness (QED) is 0.438. The molecule has 0 saturated heterocycles. The molecule has 1 amide bonds. The highest BCUT2D eigenvalue weighted by Crippen LogP contribution is 2.25. The number of carbonyl (C=O) groups excluding carboxylic acids is 1. The Balaban J connectivity index is 2.39. The maximum atomic E-state index is 11.9. The third-order valence-corrected chi connectivity index (χ3v) is 3.01. The molecule has 1 aromatic carbocycles. The summed E-state index contributed by atoms with van der Waals surface area (Å²) in [5.74, 6) is -0.0556. The van der Waals surface area contributed by atoms with E-state index in [4.69, 9.17) is 5.21 Å². The van der Waals surface area contributed by atoms with Crippen molar-refractivity contribution in [2.24, 2.45) is 5.16 Å². The van der Waals surface area contributed by atoms with Crippen LogP contribution in [0.3, 0.4) is 0 Å². The van der Waals surface area contributed by atoms with Gasteiger partial charge in [-0.05, 0) is 6.07 Å². The number of nitrogens with zero attached hydrogens (tertiary/aromatic N) is 2. The second-order valence-electron chi connectivity index (χ2n) is 3.98. The van der Waals surface area contributed by atoms with E-state index in [2.05, 4.69) is 10.5 Å². The minimum Gasteiger partial charge on any atom is -0.411 e. The van der Waals surface area contributed by atoms with E-state index < -0.39 is 0 Å². The molecule has 0 radical (unpaired) electrons. The monoisotopic (exact) mass is 229 g/mol. The fraction of sp³-hybridized carbons (Fsp3) is 0.167. The molecule has 86 valence electrons. The smallest absolute Gasteiger partial charge is 0.253 e. The zero-order valence-electron chi connectivity index (χ0n) is 9.05. The van der Waals surface area contributed by atoms with Crippen molar-refractivity contribution in [3.8, 4) is 0 Å². The summed E-state index contributed by atoms with van der Waals surface area (Å²) >= 11 is 0. The number of hydrogen-bond donors (Lipinski definition) is 2. The molecule has 0 spiro atoms. The first-order chi connectivity index (χ1) is 8.31. The van der Waals surface area contributed by atoms with Crippen molar-refractivity contribution < 1.29 is 10.0 Å². The van der Waals surface area contributed by atoms with Crippen LogP contribution in [0.15, 0.2) is 29.6 Å². The minimum atomic E-state index is -0.0556. The van der Waals surface area contributed by atoms with Gasteiger partial charge in [-0.2, -0.15) is 0 Å². The number of oxime groups is 1. The summed E-state index contributed by atoms with van der Waals surface area (Å²) in [5.41, 5.74) is 2.38. The lowest BCUT2D eigenvalue weighted by Crippen LogP contribution is -2.24. The average Bonchev–Trinajstić information content (AvgIpc) is 2.59. The van der Waals surface area contributed by atoms with Crippen LogP contribution in [-0.4, -0.2) is 28.4 Å². The van der Waals surface area contributed by atoms with Gasteiger partial charge < -0.3 is 15.1 Å². The molecule has 5 nitrogen and oxygen atoms in total. The highest BCUT2D eigenvalue weighted by molar-refractivity contribution is 6.10. The van der Waals surface area contributed by atoms with Gasteiger partial charge in [0, 0.05) is 30.2 Å². The van der Waals surface area contributed by atoms with Crippen LogP contribution < -0.4 is 5.32 Å². The molecule has 0 saturated carbocycles. The number of benzene rings is 1. The molecule has 0 fully saturated rings. The summed E-state index contributed by atoms with van der Waals surface area (Å²) in [5, 5.41) is 15.5. The fourth-order valence-corrected chi connectivity index (χ4v) is 2.30. The van der Waals surface area contributed by atoms with Gasteiger partial charge in [-0.1, -0.05) is 17.3 Å². The average molecular weight is 229 g/mol. The van der Waals surface area contributed by atoms with Crippen LogP contribution in [0.5, 0.6) is 0 Å². The third kappa shape index (κ3) is 1.39. The first kappa shape index (κ1) is 9.89. The van der Waals surface area contributed by atoms with E-state index in [0.29, 0.717) is 12.1 Å². The number of hydrogen-bond acceptors (Lipinski definition) is 3. The molecule has 0 aliphatic carbocycles. The van der Waals surface area contributed by atoms with Gasteiger partial charge >= 0.3 is 0 Å². The standard InChI is InChI=1S/C12H11N3O2/c16-12-10-3-1-2-9-8(6-14-17)7-15(11(9)10)5-4-13-12/h1-3,6-7,17H,4-5H2,(H,13,16). The Kier molecular flexibility index (Phi) is 2.11. The first-order valence-electron chi connectivity index (χ1n) is 5.39. The lowest BCUT2D eigenvalue weighted by molar-refractivity contribution is 0.0956. The third-order valence-electron chi connectivity index (χ3n) is 3.01. The second-order valence-corrected chi connectivity index (χ2v) is 3.98. The molecule has 1 aromatic heterocycles. The summed E-state index contributed by atoms with van der Waals surface area (Å²) in [6.45, 7) is 1.32. The van der Waals surface area contributed by atoms with Crippen LogP contribution in [0.4, 0.5) is 0 Å². The van der Waals surface area contributed by atoms with E-state index >= 15 is 0 Å². The Bertz CT molecular complexity index is 628. The molecule has 3 rings (SSSR count). The highest BCUT2D eigenvalue weighted by atomic mass is 16.4. The van der Waals surface area contributed by atoms with E-state index in [0.717, 1.165) is 23.0 Å². The predicted octanol–water partition coefficient (Wildman–Crippen LogP) is 1.19. The normalized spacial score (nSPS) is 15.2. The van der Waals surface area contributed by atoms with Gasteiger partial charge in [0.05, 0.1) is 17.3 Å². The predicted molar refractivity (Wildman–Crippen MR) is 63.7 cm³/mol. The Hall–Kier alpha value is -2.30. The van der Waals surface area contributed by atoms with Crippen molar-refractivity contribution in [1.29, 1.82) is 0 Å². The number of para-hydroxylation sites is 1. The summed E-state index contributed by atoms with van der Waals surface area (Å²) in [6.07, 6.45) is 3.29.